The van der Waals surface area contributed by atoms with Gasteiger partial charge in [0.15, 0.2) is 0 Å². The highest BCUT2D eigenvalue weighted by atomic mass is 16.1. The first-order valence-corrected chi connectivity index (χ1v) is 7.19. The van der Waals surface area contributed by atoms with Gasteiger partial charge in [0, 0.05) is 17.6 Å². The minimum atomic E-state index is 0.0340. The Morgan fingerprint density at radius 1 is 1.26 bits per heavy atom. The fourth-order valence-corrected chi connectivity index (χ4v) is 2.80. The Morgan fingerprint density at radius 3 is 2.53 bits per heavy atom. The molecule has 1 heterocycles. The molecule has 2 rings (SSSR count). The van der Waals surface area contributed by atoms with Crippen molar-refractivity contribution in [3.05, 3.63) is 34.9 Å². The van der Waals surface area contributed by atoms with Gasteiger partial charge in [0.1, 0.15) is 0 Å². The summed E-state index contributed by atoms with van der Waals surface area (Å²) in [5, 5.41) is 6.60. The average molecular weight is 260 g/mol. The van der Waals surface area contributed by atoms with Gasteiger partial charge in [0.2, 0.25) is 0 Å². The van der Waals surface area contributed by atoms with E-state index in [1.54, 1.807) is 0 Å². The lowest BCUT2D eigenvalue weighted by Gasteiger charge is -2.29. The lowest BCUT2D eigenvalue weighted by Crippen LogP contribution is -2.50. The molecule has 19 heavy (non-hydrogen) atoms. The van der Waals surface area contributed by atoms with Crippen LogP contribution in [-0.2, 0) is 0 Å². The second-order valence-electron chi connectivity index (χ2n) is 5.69. The fraction of sp³-hybridized carbons (Fsp3) is 0.562. The molecule has 3 nitrogen and oxygen atoms in total. The predicted molar refractivity (Wildman–Crippen MR) is 78.5 cm³/mol. The maximum Gasteiger partial charge on any atom is 0.251 e. The van der Waals surface area contributed by atoms with E-state index in [4.69, 9.17) is 0 Å². The highest BCUT2D eigenvalue weighted by molar-refractivity contribution is 5.94. The van der Waals surface area contributed by atoms with Crippen LogP contribution in [0.5, 0.6) is 0 Å². The largest absolute Gasteiger partial charge is 0.348 e. The van der Waals surface area contributed by atoms with Crippen LogP contribution < -0.4 is 10.6 Å². The highest BCUT2D eigenvalue weighted by Crippen LogP contribution is 2.12. The van der Waals surface area contributed by atoms with Crippen LogP contribution in [0.1, 0.15) is 47.7 Å². The van der Waals surface area contributed by atoms with Gasteiger partial charge in [-0.25, -0.2) is 0 Å². The van der Waals surface area contributed by atoms with Crippen LogP contribution in [0.2, 0.25) is 0 Å². The number of hydrogen-bond acceptors (Lipinski definition) is 2. The molecule has 1 aromatic carbocycles. The number of carbonyl (C=O) groups excluding carboxylic acids is 1. The highest BCUT2D eigenvalue weighted by Gasteiger charge is 2.21. The molecule has 1 aliphatic heterocycles. The van der Waals surface area contributed by atoms with Crippen molar-refractivity contribution in [2.24, 2.45) is 0 Å². The smallest absolute Gasteiger partial charge is 0.251 e. The lowest BCUT2D eigenvalue weighted by molar-refractivity contribution is 0.0928. The zero-order chi connectivity index (χ0) is 13.8. The minimum absolute atomic E-state index is 0.0340. The summed E-state index contributed by atoms with van der Waals surface area (Å²) in [6, 6.07) is 6.56. The zero-order valence-electron chi connectivity index (χ0n) is 12.1. The molecule has 0 saturated carbocycles. The first-order valence-electron chi connectivity index (χ1n) is 7.19. The van der Waals surface area contributed by atoms with Crippen molar-refractivity contribution in [3.63, 3.8) is 0 Å². The molecule has 0 radical (unpaired) electrons. The minimum Gasteiger partial charge on any atom is -0.348 e. The standard InChI is InChI=1S/C16H24N2O/c1-11-8-12(2)10-14(9-11)16(19)18-13(3)15-6-4-5-7-17-15/h8-10,13,15,17H,4-7H2,1-3H3,(H,18,19). The van der Waals surface area contributed by atoms with Gasteiger partial charge in [-0.1, -0.05) is 23.6 Å². The van der Waals surface area contributed by atoms with E-state index in [2.05, 4.69) is 23.6 Å². The molecule has 1 saturated heterocycles. The molecule has 3 heteroatoms. The first-order chi connectivity index (χ1) is 9.06. The SMILES string of the molecule is Cc1cc(C)cc(C(=O)NC(C)C2CCCCN2)c1. The first kappa shape index (κ1) is 14.1. The van der Waals surface area contributed by atoms with E-state index in [1.807, 2.05) is 26.0 Å². The number of hydrogen-bond donors (Lipinski definition) is 2. The quantitative estimate of drug-likeness (QED) is 0.877. The van der Waals surface area contributed by atoms with Crippen LogP contribution in [-0.4, -0.2) is 24.5 Å². The van der Waals surface area contributed by atoms with E-state index in [0.717, 1.165) is 29.7 Å². The molecule has 1 aliphatic rings. The van der Waals surface area contributed by atoms with Crippen LogP contribution in [0.4, 0.5) is 0 Å². The number of carbonyl (C=O) groups is 1. The van der Waals surface area contributed by atoms with Gasteiger partial charge >= 0.3 is 0 Å². The van der Waals surface area contributed by atoms with Crippen molar-refractivity contribution in [2.45, 2.75) is 52.1 Å². The number of amides is 1. The van der Waals surface area contributed by atoms with E-state index in [-0.39, 0.29) is 11.9 Å². The molecule has 2 atom stereocenters. The summed E-state index contributed by atoms with van der Waals surface area (Å²) in [5.74, 6) is 0.0340. The average Bonchev–Trinajstić information content (AvgIpc) is 2.38. The van der Waals surface area contributed by atoms with E-state index >= 15 is 0 Å². The molecule has 0 aromatic heterocycles. The molecule has 0 aliphatic carbocycles. The summed E-state index contributed by atoms with van der Waals surface area (Å²) in [7, 11) is 0. The van der Waals surface area contributed by atoms with E-state index in [0.29, 0.717) is 6.04 Å². The summed E-state index contributed by atoms with van der Waals surface area (Å²) in [6.45, 7) is 7.20. The molecule has 1 aromatic rings. The third kappa shape index (κ3) is 3.80. The van der Waals surface area contributed by atoms with E-state index in [1.165, 1.54) is 12.8 Å². The van der Waals surface area contributed by atoms with Gasteiger partial charge in [-0.15, -0.1) is 0 Å². The summed E-state index contributed by atoms with van der Waals surface area (Å²) in [5.41, 5.74) is 3.03. The molecule has 0 spiro atoms. The monoisotopic (exact) mass is 260 g/mol. The Kier molecular flexibility index (Phi) is 4.59. The summed E-state index contributed by atoms with van der Waals surface area (Å²) in [4.78, 5) is 12.3. The molecular formula is C16H24N2O. The lowest BCUT2D eigenvalue weighted by atomic mass is 9.98. The van der Waals surface area contributed by atoms with E-state index < -0.39 is 0 Å². The number of nitrogens with one attached hydrogen (secondary N) is 2. The molecule has 104 valence electrons. The van der Waals surface area contributed by atoms with Gasteiger partial charge in [-0.2, -0.15) is 0 Å². The Morgan fingerprint density at radius 2 is 1.95 bits per heavy atom. The number of benzene rings is 1. The normalized spacial score (nSPS) is 20.9. The van der Waals surface area contributed by atoms with E-state index in [9.17, 15) is 4.79 Å². The summed E-state index contributed by atoms with van der Waals surface area (Å²) in [6.07, 6.45) is 3.64. The Balaban J connectivity index is 1.99. The topological polar surface area (TPSA) is 41.1 Å². The van der Waals surface area contributed by atoms with Crippen LogP contribution in [0.15, 0.2) is 18.2 Å². The van der Waals surface area contributed by atoms with Crippen LogP contribution in [0, 0.1) is 13.8 Å². The molecule has 1 amide bonds. The van der Waals surface area contributed by atoms with Crippen molar-refractivity contribution in [2.75, 3.05) is 6.54 Å². The van der Waals surface area contributed by atoms with Gasteiger partial charge in [0.25, 0.3) is 5.91 Å². The molecule has 1 fully saturated rings. The zero-order valence-corrected chi connectivity index (χ0v) is 12.1. The van der Waals surface area contributed by atoms with Gasteiger partial charge < -0.3 is 10.6 Å². The molecule has 2 N–H and O–H groups in total. The summed E-state index contributed by atoms with van der Waals surface area (Å²) >= 11 is 0. The maximum absolute atomic E-state index is 12.3. The molecular weight excluding hydrogens is 236 g/mol. The Labute approximate surface area is 115 Å². The van der Waals surface area contributed by atoms with Crippen molar-refractivity contribution < 1.29 is 4.79 Å². The summed E-state index contributed by atoms with van der Waals surface area (Å²) < 4.78 is 0. The molecule has 2 unspecified atom stereocenters. The second kappa shape index (κ2) is 6.20. The Bertz CT molecular complexity index is 430. The van der Waals surface area contributed by atoms with Gasteiger partial charge in [-0.05, 0) is 52.3 Å². The molecule has 0 bridgehead atoms. The van der Waals surface area contributed by atoms with Crippen molar-refractivity contribution in [1.82, 2.24) is 10.6 Å². The number of rotatable bonds is 3. The van der Waals surface area contributed by atoms with Crippen molar-refractivity contribution >= 4 is 5.91 Å². The second-order valence-corrected chi connectivity index (χ2v) is 5.69. The third-order valence-corrected chi connectivity index (χ3v) is 3.79. The number of piperidine rings is 1. The predicted octanol–water partition coefficient (Wildman–Crippen LogP) is 2.56. The third-order valence-electron chi connectivity index (χ3n) is 3.79. The number of aryl methyl sites for hydroxylation is 2. The fourth-order valence-electron chi connectivity index (χ4n) is 2.80. The van der Waals surface area contributed by atoms with Crippen molar-refractivity contribution in [3.8, 4) is 0 Å². The van der Waals surface area contributed by atoms with Crippen LogP contribution >= 0.6 is 0 Å². The van der Waals surface area contributed by atoms with Gasteiger partial charge in [0.05, 0.1) is 0 Å². The Hall–Kier alpha value is -1.35. The maximum atomic E-state index is 12.3. The van der Waals surface area contributed by atoms with Crippen LogP contribution in [0.25, 0.3) is 0 Å². The van der Waals surface area contributed by atoms with Crippen molar-refractivity contribution in [1.29, 1.82) is 0 Å². The van der Waals surface area contributed by atoms with Crippen LogP contribution in [0.3, 0.4) is 0 Å². The van der Waals surface area contributed by atoms with Gasteiger partial charge in [-0.3, -0.25) is 4.79 Å².